The van der Waals surface area contributed by atoms with Gasteiger partial charge in [-0.1, -0.05) is 61.9 Å². The van der Waals surface area contributed by atoms with Crippen LogP contribution in [0.25, 0.3) is 22.3 Å². The lowest BCUT2D eigenvalue weighted by molar-refractivity contribution is -0.140. The normalized spacial score (nSPS) is 16.3. The smallest absolute Gasteiger partial charge is 0.251 e. The molecule has 5 rings (SSSR count). The molecule has 1 aliphatic heterocycles. The van der Waals surface area contributed by atoms with Crippen molar-refractivity contribution < 1.29 is 38.2 Å². The first-order chi connectivity index (χ1) is 29.3. The van der Waals surface area contributed by atoms with Crippen LogP contribution in [0.4, 0.5) is 0 Å². The summed E-state index contributed by atoms with van der Waals surface area (Å²) in [5, 5.41) is 10.2. The molecule has 0 saturated heterocycles. The van der Waals surface area contributed by atoms with Crippen LogP contribution in [0, 0.1) is 0 Å². The molecular formula is C46H55N7O8. The third-order valence-electron chi connectivity index (χ3n) is 10.2. The largest absolute Gasteiger partial charge is 0.492 e. The second-order valence-electron chi connectivity index (χ2n) is 14.9. The summed E-state index contributed by atoms with van der Waals surface area (Å²) < 4.78 is 12.1. The Morgan fingerprint density at radius 1 is 0.803 bits per heavy atom. The number of carbonyl (C=O) groups excluding carboxylic acids is 6. The van der Waals surface area contributed by atoms with Gasteiger partial charge in [-0.3, -0.25) is 34.1 Å². The van der Waals surface area contributed by atoms with Gasteiger partial charge in [0.1, 0.15) is 42.8 Å². The fourth-order valence-corrected chi connectivity index (χ4v) is 6.93. The Labute approximate surface area is 355 Å². The molecule has 3 atom stereocenters. The Hall–Kier alpha value is -6.58. The molecule has 0 saturated carbocycles. The maximum Gasteiger partial charge on any atom is 0.251 e. The first-order valence-electron chi connectivity index (χ1n) is 20.4. The van der Waals surface area contributed by atoms with E-state index in [1.807, 2.05) is 12.1 Å². The molecule has 0 fully saturated rings. The zero-order chi connectivity index (χ0) is 44.1. The number of ether oxygens (including phenoxy) is 2. The number of nitrogens with two attached hydrogens (primary N) is 2. The lowest BCUT2D eigenvalue weighted by atomic mass is 9.93. The van der Waals surface area contributed by atoms with E-state index in [9.17, 15) is 28.8 Å². The number of likely N-dealkylation sites (N-methyl/N-ethyl adjacent to an activating group) is 1. The fraction of sp³-hybridized carbons (Fsp3) is 0.348. The van der Waals surface area contributed by atoms with Gasteiger partial charge in [-0.15, -0.1) is 0 Å². The molecule has 15 nitrogen and oxygen atoms in total. The van der Waals surface area contributed by atoms with Crippen molar-refractivity contribution in [3.63, 3.8) is 0 Å². The second kappa shape index (κ2) is 21.6. The number of hydrogen-bond acceptors (Lipinski definition) is 10. The summed E-state index contributed by atoms with van der Waals surface area (Å²) in [5.41, 5.74) is 17.1. The SMILES string of the molecule is CCCCc1ccc(-c2ccc(C(=O)NCC(=O)N(C)C3C(=O)N[C@@H](C)C(=O)NC(C(=O)NC(C)=O)Cc4ccc(OCCN)c(c4)-c4cc3ccc4OCCN)cc2)cc1. The molecule has 15 heteroatoms. The van der Waals surface area contributed by atoms with Gasteiger partial charge in [-0.25, -0.2) is 0 Å². The van der Waals surface area contributed by atoms with E-state index in [4.69, 9.17) is 20.9 Å². The van der Waals surface area contributed by atoms with E-state index in [0.29, 0.717) is 39.3 Å². The quantitative estimate of drug-likeness (QED) is 0.103. The van der Waals surface area contributed by atoms with Crippen molar-refractivity contribution in [2.45, 2.75) is 64.6 Å². The third-order valence-corrected chi connectivity index (χ3v) is 10.2. The van der Waals surface area contributed by atoms with Crippen molar-refractivity contribution in [2.75, 3.05) is 39.9 Å². The number of unbranched alkanes of at least 4 members (excludes halogenated alkanes) is 1. The summed E-state index contributed by atoms with van der Waals surface area (Å²) in [5.74, 6) is -3.10. The Kier molecular flexibility index (Phi) is 16.1. The first-order valence-corrected chi connectivity index (χ1v) is 20.4. The molecule has 8 N–H and O–H groups in total. The summed E-state index contributed by atoms with van der Waals surface area (Å²) in [6.45, 7) is 5.05. The third kappa shape index (κ3) is 12.0. The molecular weight excluding hydrogens is 779 g/mol. The highest BCUT2D eigenvalue weighted by Crippen LogP contribution is 2.40. The zero-order valence-electron chi connectivity index (χ0n) is 35.0. The van der Waals surface area contributed by atoms with Gasteiger partial charge in [0, 0.05) is 50.2 Å². The van der Waals surface area contributed by atoms with Crippen LogP contribution in [-0.4, -0.2) is 92.3 Å². The van der Waals surface area contributed by atoms with Crippen LogP contribution in [0.3, 0.4) is 0 Å². The number of hydrogen-bond donors (Lipinski definition) is 6. The molecule has 6 amide bonds. The van der Waals surface area contributed by atoms with E-state index < -0.39 is 60.1 Å². The lowest BCUT2D eigenvalue weighted by Gasteiger charge is -2.30. The summed E-state index contributed by atoms with van der Waals surface area (Å²) in [6.07, 6.45) is 3.24. The number of benzene rings is 4. The van der Waals surface area contributed by atoms with Gasteiger partial charge in [0.15, 0.2) is 0 Å². The van der Waals surface area contributed by atoms with Gasteiger partial charge >= 0.3 is 0 Å². The van der Waals surface area contributed by atoms with E-state index in [-0.39, 0.29) is 32.7 Å². The fourth-order valence-electron chi connectivity index (χ4n) is 6.93. The highest BCUT2D eigenvalue weighted by atomic mass is 16.5. The van der Waals surface area contributed by atoms with Crippen molar-refractivity contribution in [1.29, 1.82) is 0 Å². The van der Waals surface area contributed by atoms with Gasteiger partial charge in [0.25, 0.3) is 5.91 Å². The number of fused-ring (bicyclic) bond motifs is 5. The van der Waals surface area contributed by atoms with Gasteiger partial charge in [-0.2, -0.15) is 0 Å². The topological polar surface area (TPSA) is 224 Å². The highest BCUT2D eigenvalue weighted by molar-refractivity contribution is 6.00. The van der Waals surface area contributed by atoms with Crippen molar-refractivity contribution in [1.82, 2.24) is 26.2 Å². The average Bonchev–Trinajstić information content (AvgIpc) is 3.25. The average molecular weight is 834 g/mol. The molecule has 322 valence electrons. The number of imide groups is 1. The van der Waals surface area contributed by atoms with Gasteiger partial charge < -0.3 is 41.8 Å². The minimum absolute atomic E-state index is 0.0307. The number of aryl methyl sites for hydroxylation is 1. The minimum Gasteiger partial charge on any atom is -0.492 e. The Morgan fingerprint density at radius 2 is 1.41 bits per heavy atom. The van der Waals surface area contributed by atoms with Crippen LogP contribution in [-0.2, 0) is 36.8 Å². The number of carbonyl (C=O) groups is 6. The Balaban J connectivity index is 1.47. The molecule has 0 aromatic heterocycles. The molecule has 61 heavy (non-hydrogen) atoms. The molecule has 1 aliphatic rings. The van der Waals surface area contributed by atoms with Crippen LogP contribution >= 0.6 is 0 Å². The van der Waals surface area contributed by atoms with Crippen LogP contribution in [0.5, 0.6) is 11.5 Å². The molecule has 0 spiro atoms. The summed E-state index contributed by atoms with van der Waals surface area (Å²) >= 11 is 0. The predicted octanol–water partition coefficient (Wildman–Crippen LogP) is 3.18. The Morgan fingerprint density at radius 3 is 2.02 bits per heavy atom. The highest BCUT2D eigenvalue weighted by Gasteiger charge is 2.33. The first kappa shape index (κ1) is 45.5. The van der Waals surface area contributed by atoms with Gasteiger partial charge in [0.2, 0.25) is 29.5 Å². The van der Waals surface area contributed by atoms with E-state index in [0.717, 1.165) is 30.4 Å². The van der Waals surface area contributed by atoms with E-state index in [1.165, 1.54) is 31.4 Å². The molecule has 0 radical (unpaired) electrons. The van der Waals surface area contributed by atoms with E-state index >= 15 is 0 Å². The number of rotatable bonds is 15. The predicted molar refractivity (Wildman–Crippen MR) is 231 cm³/mol. The summed E-state index contributed by atoms with van der Waals surface area (Å²) in [6, 6.07) is 21.8. The maximum absolute atomic E-state index is 14.3. The summed E-state index contributed by atoms with van der Waals surface area (Å²) in [7, 11) is 1.42. The molecule has 4 aromatic carbocycles. The van der Waals surface area contributed by atoms with Crippen LogP contribution < -0.4 is 42.2 Å². The molecule has 0 aliphatic carbocycles. The van der Waals surface area contributed by atoms with Crippen molar-refractivity contribution >= 4 is 35.4 Å². The van der Waals surface area contributed by atoms with E-state index in [2.05, 4.69) is 52.5 Å². The number of nitrogens with zero attached hydrogens (tertiary/aromatic N) is 1. The zero-order valence-corrected chi connectivity index (χ0v) is 35.0. The molecule has 4 bridgehead atoms. The van der Waals surface area contributed by atoms with Gasteiger partial charge in [-0.05, 0) is 84.0 Å². The van der Waals surface area contributed by atoms with Crippen LogP contribution in [0.2, 0.25) is 0 Å². The molecule has 2 unspecified atom stereocenters. The number of nitrogens with one attached hydrogen (secondary N) is 4. The minimum atomic E-state index is -1.33. The van der Waals surface area contributed by atoms with Crippen LogP contribution in [0.1, 0.15) is 66.7 Å². The monoisotopic (exact) mass is 833 g/mol. The second-order valence-corrected chi connectivity index (χ2v) is 14.9. The van der Waals surface area contributed by atoms with Crippen LogP contribution in [0.15, 0.2) is 84.9 Å². The van der Waals surface area contributed by atoms with Crippen molar-refractivity contribution in [3.8, 4) is 33.8 Å². The standard InChI is InChI=1S/C46H55N7O8/c1-5-6-7-30-8-11-32(12-9-30)33-13-15-34(16-14-33)44(57)49-27-41(55)53(4)42-35-17-19-40(61-23-21-48)37(26-35)36-24-31(10-18-39(36)60-22-20-47)25-38(45(58)51-29(3)54)52-43(56)28(2)50-46(42)59/h8-19,24,26,28,38,42H,5-7,20-23,25,27,47-48H2,1-4H3,(H,49,57)(H,50,59)(H,52,56)(H,51,54,58)/t28-,38?,42?/m0/s1. The van der Waals surface area contributed by atoms with Crippen molar-refractivity contribution in [2.24, 2.45) is 11.5 Å². The van der Waals surface area contributed by atoms with E-state index in [1.54, 1.807) is 48.5 Å². The maximum atomic E-state index is 14.3. The Bertz CT molecular complexity index is 2210. The number of amides is 6. The summed E-state index contributed by atoms with van der Waals surface area (Å²) in [4.78, 5) is 81.3. The lowest BCUT2D eigenvalue weighted by Crippen LogP contribution is -2.55. The van der Waals surface area contributed by atoms with Crippen molar-refractivity contribution in [3.05, 3.63) is 107 Å². The molecule has 4 aromatic rings. The van der Waals surface area contributed by atoms with Gasteiger partial charge in [0.05, 0.1) is 6.54 Å². The molecule has 1 heterocycles.